The average Bonchev–Trinajstić information content (AvgIpc) is 2.72. The zero-order valence-electron chi connectivity index (χ0n) is 18.8. The second-order valence-corrected chi connectivity index (χ2v) is 9.60. The van der Waals surface area contributed by atoms with Crippen molar-refractivity contribution in [1.82, 2.24) is 0 Å². The maximum Gasteiger partial charge on any atom is 0.255 e. The van der Waals surface area contributed by atoms with E-state index < -0.39 is 10.0 Å². The SMILES string of the molecule is CCOc1ccccc1NC(=O)c1ccc(CN(c2cc(C)cc(C)c2)S(C)(=O)=O)cc1. The lowest BCUT2D eigenvalue weighted by Crippen LogP contribution is -2.29. The molecule has 0 saturated heterocycles. The summed E-state index contributed by atoms with van der Waals surface area (Å²) >= 11 is 0. The first kappa shape index (κ1) is 23.3. The molecule has 0 saturated carbocycles. The molecule has 168 valence electrons. The zero-order chi connectivity index (χ0) is 23.3. The molecule has 0 aromatic heterocycles. The van der Waals surface area contributed by atoms with Gasteiger partial charge in [0.25, 0.3) is 5.91 Å². The number of carbonyl (C=O) groups is 1. The molecule has 0 fully saturated rings. The lowest BCUT2D eigenvalue weighted by Gasteiger charge is -2.23. The number of anilines is 2. The molecule has 1 N–H and O–H groups in total. The van der Waals surface area contributed by atoms with Gasteiger partial charge in [0, 0.05) is 5.56 Å². The summed E-state index contributed by atoms with van der Waals surface area (Å²) in [6.07, 6.45) is 1.20. The highest BCUT2D eigenvalue weighted by Gasteiger charge is 2.19. The summed E-state index contributed by atoms with van der Waals surface area (Å²) in [4.78, 5) is 12.7. The van der Waals surface area contributed by atoms with Crippen LogP contribution in [0.4, 0.5) is 11.4 Å². The Labute approximate surface area is 189 Å². The third-order valence-electron chi connectivity index (χ3n) is 4.87. The molecule has 0 aliphatic heterocycles. The van der Waals surface area contributed by atoms with Gasteiger partial charge in [0.1, 0.15) is 5.75 Å². The van der Waals surface area contributed by atoms with Crippen molar-refractivity contribution >= 4 is 27.3 Å². The van der Waals surface area contributed by atoms with E-state index in [1.165, 1.54) is 10.6 Å². The van der Waals surface area contributed by atoms with Crippen molar-refractivity contribution in [3.63, 3.8) is 0 Å². The highest BCUT2D eigenvalue weighted by Crippen LogP contribution is 2.25. The summed E-state index contributed by atoms with van der Waals surface area (Å²) in [5.74, 6) is 0.343. The number of rotatable bonds is 8. The van der Waals surface area contributed by atoms with Crippen LogP contribution >= 0.6 is 0 Å². The van der Waals surface area contributed by atoms with Crippen molar-refractivity contribution in [1.29, 1.82) is 0 Å². The number of amides is 1. The van der Waals surface area contributed by atoms with Crippen LogP contribution in [-0.4, -0.2) is 27.2 Å². The van der Waals surface area contributed by atoms with E-state index in [4.69, 9.17) is 4.74 Å². The van der Waals surface area contributed by atoms with E-state index in [9.17, 15) is 13.2 Å². The summed E-state index contributed by atoms with van der Waals surface area (Å²) < 4.78 is 31.9. The minimum Gasteiger partial charge on any atom is -0.492 e. The molecule has 32 heavy (non-hydrogen) atoms. The van der Waals surface area contributed by atoms with E-state index in [1.54, 1.807) is 36.4 Å². The van der Waals surface area contributed by atoms with Crippen LogP contribution in [0.5, 0.6) is 5.75 Å². The number of nitrogens with zero attached hydrogens (tertiary/aromatic N) is 1. The molecule has 3 aromatic rings. The number of para-hydroxylation sites is 2. The van der Waals surface area contributed by atoms with Crippen molar-refractivity contribution in [3.05, 3.63) is 89.0 Å². The number of benzene rings is 3. The molecule has 0 unspecified atom stereocenters. The van der Waals surface area contributed by atoms with Gasteiger partial charge >= 0.3 is 0 Å². The first-order valence-corrected chi connectivity index (χ1v) is 12.2. The van der Waals surface area contributed by atoms with E-state index in [2.05, 4.69) is 5.32 Å². The molecule has 0 atom stereocenters. The van der Waals surface area contributed by atoms with Gasteiger partial charge in [-0.15, -0.1) is 0 Å². The van der Waals surface area contributed by atoms with Crippen LogP contribution in [0.2, 0.25) is 0 Å². The van der Waals surface area contributed by atoms with Gasteiger partial charge in [-0.05, 0) is 73.9 Å². The normalized spacial score (nSPS) is 11.1. The van der Waals surface area contributed by atoms with Crippen LogP contribution in [0.1, 0.15) is 34.0 Å². The fourth-order valence-corrected chi connectivity index (χ4v) is 4.34. The maximum atomic E-state index is 12.7. The van der Waals surface area contributed by atoms with Crippen LogP contribution in [0.15, 0.2) is 66.7 Å². The van der Waals surface area contributed by atoms with E-state index >= 15 is 0 Å². The predicted octanol–water partition coefficient (Wildman–Crippen LogP) is 4.92. The molecule has 7 heteroatoms. The Morgan fingerprint density at radius 3 is 2.19 bits per heavy atom. The van der Waals surface area contributed by atoms with Gasteiger partial charge in [0.05, 0.1) is 30.8 Å². The van der Waals surface area contributed by atoms with Crippen molar-refractivity contribution < 1.29 is 17.9 Å². The predicted molar refractivity (Wildman–Crippen MR) is 129 cm³/mol. The molecule has 3 aromatic carbocycles. The molecule has 6 nitrogen and oxygen atoms in total. The summed E-state index contributed by atoms with van der Waals surface area (Å²) in [6.45, 7) is 6.44. The van der Waals surface area contributed by atoms with Crippen LogP contribution < -0.4 is 14.4 Å². The molecule has 0 aliphatic carbocycles. The highest BCUT2D eigenvalue weighted by molar-refractivity contribution is 7.92. The Kier molecular flexibility index (Phi) is 7.20. The second-order valence-electron chi connectivity index (χ2n) is 7.70. The smallest absolute Gasteiger partial charge is 0.255 e. The van der Waals surface area contributed by atoms with Gasteiger partial charge in [-0.2, -0.15) is 0 Å². The van der Waals surface area contributed by atoms with Gasteiger partial charge in [0.2, 0.25) is 10.0 Å². The second kappa shape index (κ2) is 9.87. The van der Waals surface area contributed by atoms with Crippen molar-refractivity contribution in [2.24, 2.45) is 0 Å². The minimum atomic E-state index is -3.49. The number of hydrogen-bond donors (Lipinski definition) is 1. The van der Waals surface area contributed by atoms with Crippen molar-refractivity contribution in [3.8, 4) is 5.75 Å². The van der Waals surface area contributed by atoms with Gasteiger partial charge in [-0.25, -0.2) is 8.42 Å². The average molecular weight is 453 g/mol. The summed E-state index contributed by atoms with van der Waals surface area (Å²) in [7, 11) is -3.49. The van der Waals surface area contributed by atoms with Crippen LogP contribution in [0, 0.1) is 13.8 Å². The Hall–Kier alpha value is -3.32. The first-order valence-electron chi connectivity index (χ1n) is 10.4. The van der Waals surface area contributed by atoms with E-state index in [0.717, 1.165) is 16.7 Å². The van der Waals surface area contributed by atoms with Gasteiger partial charge in [-0.1, -0.05) is 30.3 Å². The third-order valence-corrected chi connectivity index (χ3v) is 6.01. The van der Waals surface area contributed by atoms with Crippen molar-refractivity contribution in [2.45, 2.75) is 27.3 Å². The number of aryl methyl sites for hydroxylation is 2. The third kappa shape index (κ3) is 5.88. The first-order chi connectivity index (χ1) is 15.2. The largest absolute Gasteiger partial charge is 0.492 e. The number of sulfonamides is 1. The molecule has 3 rings (SSSR count). The van der Waals surface area contributed by atoms with E-state index in [-0.39, 0.29) is 12.5 Å². The molecule has 0 radical (unpaired) electrons. The summed E-state index contributed by atoms with van der Waals surface area (Å²) in [6, 6.07) is 19.9. The van der Waals surface area contributed by atoms with E-state index in [1.807, 2.05) is 51.1 Å². The Bertz CT molecular complexity index is 1180. The highest BCUT2D eigenvalue weighted by atomic mass is 32.2. The molecule has 0 aliphatic rings. The minimum absolute atomic E-state index is 0.177. The lowest BCUT2D eigenvalue weighted by molar-refractivity contribution is 0.102. The van der Waals surface area contributed by atoms with Gasteiger partial charge in [0.15, 0.2) is 0 Å². The summed E-state index contributed by atoms with van der Waals surface area (Å²) in [5, 5.41) is 2.86. The van der Waals surface area contributed by atoms with Gasteiger partial charge < -0.3 is 10.1 Å². The molecule has 1 amide bonds. The molecule has 0 heterocycles. The molecule has 0 spiro atoms. The van der Waals surface area contributed by atoms with Gasteiger partial charge in [-0.3, -0.25) is 9.10 Å². The standard InChI is InChI=1S/C25H28N2O4S/c1-5-31-24-9-7-6-8-23(24)26-25(28)21-12-10-20(11-13-21)17-27(32(4,29)30)22-15-18(2)14-19(3)16-22/h6-16H,5,17H2,1-4H3,(H,26,28). The summed E-state index contributed by atoms with van der Waals surface area (Å²) in [5.41, 5.74) is 4.46. The lowest BCUT2D eigenvalue weighted by atomic mass is 10.1. The van der Waals surface area contributed by atoms with Crippen molar-refractivity contribution in [2.75, 3.05) is 22.5 Å². The molecule has 0 bridgehead atoms. The zero-order valence-corrected chi connectivity index (χ0v) is 19.6. The Balaban J connectivity index is 1.79. The molecular weight excluding hydrogens is 424 g/mol. The van der Waals surface area contributed by atoms with Crippen LogP contribution in [-0.2, 0) is 16.6 Å². The van der Waals surface area contributed by atoms with Crippen LogP contribution in [0.25, 0.3) is 0 Å². The number of ether oxygens (including phenoxy) is 1. The number of nitrogens with one attached hydrogen (secondary N) is 1. The number of hydrogen-bond acceptors (Lipinski definition) is 4. The van der Waals surface area contributed by atoms with E-state index in [0.29, 0.717) is 29.3 Å². The Morgan fingerprint density at radius 1 is 0.969 bits per heavy atom. The molecular formula is C25H28N2O4S. The maximum absolute atomic E-state index is 12.7. The fourth-order valence-electron chi connectivity index (χ4n) is 3.47. The van der Waals surface area contributed by atoms with Crippen LogP contribution in [0.3, 0.4) is 0 Å². The quantitative estimate of drug-likeness (QED) is 0.526. The number of carbonyl (C=O) groups excluding carboxylic acids is 1. The monoisotopic (exact) mass is 452 g/mol. The topological polar surface area (TPSA) is 75.7 Å². The Morgan fingerprint density at radius 2 is 1.59 bits per heavy atom. The fraction of sp³-hybridized carbons (Fsp3) is 0.240.